The fourth-order valence-corrected chi connectivity index (χ4v) is 1.68. The normalized spacial score (nSPS) is 14.3. The number of allylic oxidation sites excluding steroid dienone is 1. The Morgan fingerprint density at radius 1 is 1.41 bits per heavy atom. The highest BCUT2D eigenvalue weighted by molar-refractivity contribution is 5.51. The Morgan fingerprint density at radius 3 is 2.76 bits per heavy atom. The first-order valence-electron chi connectivity index (χ1n) is 6.02. The molecule has 0 fully saturated rings. The van der Waals surface area contributed by atoms with E-state index in [0.717, 1.165) is 24.0 Å². The molecule has 2 nitrogen and oxygen atoms in total. The van der Waals surface area contributed by atoms with Gasteiger partial charge < -0.3 is 0 Å². The van der Waals surface area contributed by atoms with Crippen molar-refractivity contribution in [1.82, 2.24) is 0 Å². The molecule has 1 unspecified atom stereocenters. The Kier molecular flexibility index (Phi) is 4.86. The third-order valence-corrected chi connectivity index (χ3v) is 3.04. The van der Waals surface area contributed by atoms with Crippen molar-refractivity contribution in [3.8, 4) is 0 Å². The number of hydrogen-bond acceptors (Lipinski definition) is 2. The van der Waals surface area contributed by atoms with Gasteiger partial charge in [-0.15, -0.1) is 0 Å². The van der Waals surface area contributed by atoms with Gasteiger partial charge in [0.15, 0.2) is 0 Å². The highest BCUT2D eigenvalue weighted by atomic mass is 16.1. The molecule has 0 bridgehead atoms. The fraction of sp³-hybridized carbons (Fsp3) is 0.400. The van der Waals surface area contributed by atoms with Crippen molar-refractivity contribution >= 4 is 12.2 Å². The molecule has 0 aliphatic heterocycles. The van der Waals surface area contributed by atoms with Crippen LogP contribution in [0.15, 0.2) is 35.3 Å². The topological polar surface area (TPSA) is 29.4 Å². The van der Waals surface area contributed by atoms with E-state index in [-0.39, 0.29) is 0 Å². The third-order valence-electron chi connectivity index (χ3n) is 3.04. The molecular weight excluding hydrogens is 210 g/mol. The SMILES string of the molecule is CCC=Cc1cccc(C(C)(CC)N=C=O)c1. The predicted octanol–water partition coefficient (Wildman–Crippen LogP) is 4.07. The minimum Gasteiger partial charge on any atom is -0.211 e. The first-order valence-corrected chi connectivity index (χ1v) is 6.02. The average Bonchev–Trinajstić information content (AvgIpc) is 2.37. The van der Waals surface area contributed by atoms with E-state index in [2.05, 4.69) is 36.2 Å². The summed E-state index contributed by atoms with van der Waals surface area (Å²) in [6.07, 6.45) is 7.68. The van der Waals surface area contributed by atoms with Crippen molar-refractivity contribution < 1.29 is 4.79 Å². The van der Waals surface area contributed by atoms with Crippen LogP contribution in [0.1, 0.15) is 44.7 Å². The molecule has 0 spiro atoms. The van der Waals surface area contributed by atoms with Gasteiger partial charge in [-0.05, 0) is 37.0 Å². The van der Waals surface area contributed by atoms with Gasteiger partial charge in [0.25, 0.3) is 0 Å². The van der Waals surface area contributed by atoms with Crippen LogP contribution in [-0.2, 0) is 10.3 Å². The molecule has 0 saturated carbocycles. The number of aliphatic imine (C=N–C) groups is 1. The second kappa shape index (κ2) is 6.17. The van der Waals surface area contributed by atoms with Gasteiger partial charge in [0, 0.05) is 0 Å². The second-order valence-electron chi connectivity index (χ2n) is 4.27. The monoisotopic (exact) mass is 229 g/mol. The third kappa shape index (κ3) is 3.40. The summed E-state index contributed by atoms with van der Waals surface area (Å²) in [5, 5.41) is 0. The number of nitrogens with zero attached hydrogens (tertiary/aromatic N) is 1. The summed E-state index contributed by atoms with van der Waals surface area (Å²) in [6.45, 7) is 6.09. The lowest BCUT2D eigenvalue weighted by Crippen LogP contribution is -2.17. The van der Waals surface area contributed by atoms with Gasteiger partial charge in [0.1, 0.15) is 0 Å². The van der Waals surface area contributed by atoms with Gasteiger partial charge in [-0.1, -0.05) is 44.2 Å². The zero-order chi connectivity index (χ0) is 12.7. The van der Waals surface area contributed by atoms with E-state index in [9.17, 15) is 4.79 Å². The number of benzene rings is 1. The average molecular weight is 229 g/mol. The van der Waals surface area contributed by atoms with Crippen LogP contribution < -0.4 is 0 Å². The lowest BCUT2D eigenvalue weighted by molar-refractivity contribution is 0.469. The van der Waals surface area contributed by atoms with Gasteiger partial charge in [0.05, 0.1) is 5.54 Å². The van der Waals surface area contributed by atoms with Crippen LogP contribution in [0.2, 0.25) is 0 Å². The van der Waals surface area contributed by atoms with Gasteiger partial charge in [-0.2, -0.15) is 4.99 Å². The zero-order valence-electron chi connectivity index (χ0n) is 10.7. The molecule has 0 aromatic heterocycles. The van der Waals surface area contributed by atoms with Crippen molar-refractivity contribution in [3.63, 3.8) is 0 Å². The minimum atomic E-state index is -0.461. The summed E-state index contributed by atoms with van der Waals surface area (Å²) >= 11 is 0. The van der Waals surface area contributed by atoms with Crippen molar-refractivity contribution in [2.45, 2.75) is 39.2 Å². The molecule has 17 heavy (non-hydrogen) atoms. The smallest absolute Gasteiger partial charge is 0.211 e. The molecule has 0 aliphatic carbocycles. The van der Waals surface area contributed by atoms with Gasteiger partial charge in [-0.25, -0.2) is 4.79 Å². The Hall–Kier alpha value is -1.66. The summed E-state index contributed by atoms with van der Waals surface area (Å²) < 4.78 is 0. The minimum absolute atomic E-state index is 0.461. The number of rotatable bonds is 5. The van der Waals surface area contributed by atoms with Crippen LogP contribution >= 0.6 is 0 Å². The summed E-state index contributed by atoms with van der Waals surface area (Å²) in [7, 11) is 0. The molecule has 0 heterocycles. The van der Waals surface area contributed by atoms with E-state index in [4.69, 9.17) is 0 Å². The molecule has 0 aliphatic rings. The first kappa shape index (κ1) is 13.4. The quantitative estimate of drug-likeness (QED) is 0.552. The van der Waals surface area contributed by atoms with Crippen molar-refractivity contribution in [2.24, 2.45) is 4.99 Å². The molecule has 1 aromatic rings. The highest BCUT2D eigenvalue weighted by Crippen LogP contribution is 2.29. The van der Waals surface area contributed by atoms with Crippen LogP contribution in [-0.4, -0.2) is 6.08 Å². The summed E-state index contributed by atoms with van der Waals surface area (Å²) in [5.74, 6) is 0. The maximum atomic E-state index is 10.5. The van der Waals surface area contributed by atoms with Crippen LogP contribution in [0.5, 0.6) is 0 Å². The van der Waals surface area contributed by atoms with Crippen molar-refractivity contribution in [3.05, 3.63) is 41.5 Å². The molecule has 0 amide bonds. The van der Waals surface area contributed by atoms with Gasteiger partial charge in [-0.3, -0.25) is 0 Å². The van der Waals surface area contributed by atoms with Crippen LogP contribution in [0, 0.1) is 0 Å². The first-order chi connectivity index (χ1) is 8.16. The van der Waals surface area contributed by atoms with E-state index < -0.39 is 5.54 Å². The van der Waals surface area contributed by atoms with E-state index in [0.29, 0.717) is 0 Å². The van der Waals surface area contributed by atoms with Gasteiger partial charge in [0.2, 0.25) is 6.08 Å². The molecule has 1 rings (SSSR count). The molecule has 2 heteroatoms. The molecule has 0 N–H and O–H groups in total. The van der Waals surface area contributed by atoms with E-state index >= 15 is 0 Å². The summed E-state index contributed by atoms with van der Waals surface area (Å²) in [6, 6.07) is 8.14. The Balaban J connectivity index is 3.13. The molecular formula is C15H19NO. The number of isocyanates is 1. The zero-order valence-corrected chi connectivity index (χ0v) is 10.7. The van der Waals surface area contributed by atoms with E-state index in [1.807, 2.05) is 26.0 Å². The Labute approximate surface area is 103 Å². The van der Waals surface area contributed by atoms with Crippen molar-refractivity contribution in [2.75, 3.05) is 0 Å². The number of carbonyl (C=O) groups excluding carboxylic acids is 1. The lowest BCUT2D eigenvalue weighted by Gasteiger charge is -2.22. The van der Waals surface area contributed by atoms with E-state index in [1.54, 1.807) is 6.08 Å². The Bertz CT molecular complexity index is 444. The molecule has 0 saturated heterocycles. The van der Waals surface area contributed by atoms with Crippen LogP contribution in [0.4, 0.5) is 0 Å². The largest absolute Gasteiger partial charge is 0.235 e. The predicted molar refractivity (Wildman–Crippen MR) is 71.5 cm³/mol. The van der Waals surface area contributed by atoms with Crippen LogP contribution in [0.3, 0.4) is 0 Å². The number of hydrogen-bond donors (Lipinski definition) is 0. The Morgan fingerprint density at radius 2 is 2.18 bits per heavy atom. The van der Waals surface area contributed by atoms with Crippen LogP contribution in [0.25, 0.3) is 6.08 Å². The fourth-order valence-electron chi connectivity index (χ4n) is 1.68. The lowest BCUT2D eigenvalue weighted by atomic mass is 9.89. The van der Waals surface area contributed by atoms with Gasteiger partial charge >= 0.3 is 0 Å². The maximum Gasteiger partial charge on any atom is 0.235 e. The summed E-state index contributed by atoms with van der Waals surface area (Å²) in [5.41, 5.74) is 1.74. The second-order valence-corrected chi connectivity index (χ2v) is 4.27. The maximum absolute atomic E-state index is 10.5. The highest BCUT2D eigenvalue weighted by Gasteiger charge is 2.23. The molecule has 1 atom stereocenters. The summed E-state index contributed by atoms with van der Waals surface area (Å²) in [4.78, 5) is 14.4. The molecule has 1 aromatic carbocycles. The molecule has 0 radical (unpaired) electrons. The molecule has 90 valence electrons. The van der Waals surface area contributed by atoms with Crippen molar-refractivity contribution in [1.29, 1.82) is 0 Å². The standard InChI is InChI=1S/C15H19NO/c1-4-6-8-13-9-7-10-14(11-13)15(3,5-2)16-12-17/h6-11H,4-5H2,1-3H3. The van der Waals surface area contributed by atoms with E-state index in [1.165, 1.54) is 0 Å².